The van der Waals surface area contributed by atoms with E-state index in [1.807, 2.05) is 37.3 Å². The molecule has 2 heterocycles. The van der Waals surface area contributed by atoms with E-state index in [-0.39, 0.29) is 24.7 Å². The number of rotatable bonds is 8. The van der Waals surface area contributed by atoms with E-state index in [4.69, 9.17) is 4.74 Å². The molecule has 1 aromatic carbocycles. The minimum atomic E-state index is -0.268. The highest BCUT2D eigenvalue weighted by molar-refractivity contribution is 7.13. The fourth-order valence-corrected chi connectivity index (χ4v) is 2.87. The predicted octanol–water partition coefficient (Wildman–Crippen LogP) is 2.31. The summed E-state index contributed by atoms with van der Waals surface area (Å²) in [5.41, 5.74) is 3.24. The molecule has 0 atom stereocenters. The van der Waals surface area contributed by atoms with Crippen molar-refractivity contribution in [1.82, 2.24) is 20.5 Å². The van der Waals surface area contributed by atoms with Crippen molar-refractivity contribution in [2.75, 3.05) is 18.5 Å². The van der Waals surface area contributed by atoms with Gasteiger partial charge in [0.15, 0.2) is 0 Å². The third-order valence-corrected chi connectivity index (χ3v) is 4.30. The maximum Gasteiger partial charge on any atom is 0.226 e. The van der Waals surface area contributed by atoms with Crippen molar-refractivity contribution >= 4 is 39.2 Å². The highest BCUT2D eigenvalue weighted by atomic mass is 32.1. The van der Waals surface area contributed by atoms with Gasteiger partial charge in [-0.15, -0.1) is 10.2 Å². The Morgan fingerprint density at radius 3 is 2.81 bits per heavy atom. The number of aromatic nitrogens is 3. The molecule has 2 amide bonds. The van der Waals surface area contributed by atoms with Crippen LogP contribution >= 0.6 is 11.3 Å². The highest BCUT2D eigenvalue weighted by Crippen LogP contribution is 2.23. The maximum atomic E-state index is 11.8. The van der Waals surface area contributed by atoms with Crippen molar-refractivity contribution < 1.29 is 14.3 Å². The number of nitrogens with one attached hydrogen (secondary N) is 2. The van der Waals surface area contributed by atoms with Crippen LogP contribution in [0.1, 0.15) is 18.5 Å². The SMILES string of the molecule is Cc1ccc2cccc(OCCNC(=O)CCC(=O)Nc3nncs3)c2n1. The summed E-state index contributed by atoms with van der Waals surface area (Å²) in [4.78, 5) is 28.0. The fourth-order valence-electron chi connectivity index (χ4n) is 2.41. The number of fused-ring (bicyclic) bond motifs is 1. The molecule has 0 saturated carbocycles. The molecule has 2 aromatic heterocycles. The lowest BCUT2D eigenvalue weighted by atomic mass is 10.2. The van der Waals surface area contributed by atoms with Crippen LogP contribution in [0.5, 0.6) is 5.75 Å². The number of anilines is 1. The highest BCUT2D eigenvalue weighted by Gasteiger charge is 2.09. The van der Waals surface area contributed by atoms with Crippen LogP contribution in [0.4, 0.5) is 5.13 Å². The second-order valence-electron chi connectivity index (χ2n) is 5.77. The van der Waals surface area contributed by atoms with Crippen molar-refractivity contribution in [3.63, 3.8) is 0 Å². The predicted molar refractivity (Wildman–Crippen MR) is 103 cm³/mol. The third-order valence-electron chi connectivity index (χ3n) is 3.69. The fraction of sp³-hybridized carbons (Fsp3) is 0.278. The molecule has 0 bridgehead atoms. The van der Waals surface area contributed by atoms with Gasteiger partial charge in [-0.25, -0.2) is 4.98 Å². The Balaban J connectivity index is 1.39. The molecule has 140 valence electrons. The molecule has 3 aromatic rings. The Morgan fingerprint density at radius 2 is 2.00 bits per heavy atom. The molecule has 0 aliphatic carbocycles. The zero-order chi connectivity index (χ0) is 19.1. The first kappa shape index (κ1) is 18.7. The standard InChI is InChI=1S/C18H19N5O3S/c1-12-5-6-13-3-2-4-14(17(13)21-12)26-10-9-19-15(24)7-8-16(25)22-18-23-20-11-27-18/h2-6,11H,7-10H2,1H3,(H,19,24)(H,22,23,25). The van der Waals surface area contributed by atoms with Gasteiger partial charge in [0.1, 0.15) is 23.4 Å². The smallest absolute Gasteiger partial charge is 0.226 e. The van der Waals surface area contributed by atoms with Crippen LogP contribution in [0.2, 0.25) is 0 Å². The van der Waals surface area contributed by atoms with E-state index in [9.17, 15) is 9.59 Å². The summed E-state index contributed by atoms with van der Waals surface area (Å²) in [6.45, 7) is 2.59. The molecule has 8 nitrogen and oxygen atoms in total. The first-order valence-electron chi connectivity index (χ1n) is 8.44. The van der Waals surface area contributed by atoms with Gasteiger partial charge in [-0.1, -0.05) is 29.5 Å². The van der Waals surface area contributed by atoms with Gasteiger partial charge >= 0.3 is 0 Å². The van der Waals surface area contributed by atoms with E-state index in [1.165, 1.54) is 16.8 Å². The van der Waals surface area contributed by atoms with Gasteiger partial charge in [-0.3, -0.25) is 9.59 Å². The number of ether oxygens (including phenoxy) is 1. The molecule has 0 spiro atoms. The van der Waals surface area contributed by atoms with Crippen molar-refractivity contribution in [3.8, 4) is 5.75 Å². The number of benzene rings is 1. The number of para-hydroxylation sites is 1. The average Bonchev–Trinajstić information content (AvgIpc) is 3.16. The van der Waals surface area contributed by atoms with Crippen molar-refractivity contribution in [2.24, 2.45) is 0 Å². The van der Waals surface area contributed by atoms with E-state index in [0.717, 1.165) is 16.6 Å². The number of amides is 2. The van der Waals surface area contributed by atoms with Crippen molar-refractivity contribution in [3.05, 3.63) is 41.5 Å². The van der Waals surface area contributed by atoms with Crippen LogP contribution in [0.15, 0.2) is 35.8 Å². The van der Waals surface area contributed by atoms with Crippen molar-refractivity contribution in [2.45, 2.75) is 19.8 Å². The van der Waals surface area contributed by atoms with Gasteiger partial charge in [0.25, 0.3) is 0 Å². The molecule has 0 aliphatic rings. The maximum absolute atomic E-state index is 11.8. The molecular weight excluding hydrogens is 366 g/mol. The Kier molecular flexibility index (Phi) is 6.26. The van der Waals surface area contributed by atoms with Crippen LogP contribution in [0.3, 0.4) is 0 Å². The summed E-state index contributed by atoms with van der Waals surface area (Å²) in [6, 6.07) is 9.69. The number of carbonyl (C=O) groups excluding carboxylic acids is 2. The zero-order valence-electron chi connectivity index (χ0n) is 14.8. The number of pyridine rings is 1. The lowest BCUT2D eigenvalue weighted by Crippen LogP contribution is -2.29. The molecule has 0 unspecified atom stereocenters. The average molecular weight is 385 g/mol. The number of carbonyl (C=O) groups is 2. The number of aryl methyl sites for hydroxylation is 1. The summed E-state index contributed by atoms with van der Waals surface area (Å²) < 4.78 is 5.75. The van der Waals surface area contributed by atoms with Gasteiger partial charge < -0.3 is 15.4 Å². The van der Waals surface area contributed by atoms with Gasteiger partial charge in [0.2, 0.25) is 16.9 Å². The third kappa shape index (κ3) is 5.45. The van der Waals surface area contributed by atoms with Gasteiger partial charge in [-0.2, -0.15) is 0 Å². The first-order valence-corrected chi connectivity index (χ1v) is 9.31. The van der Waals surface area contributed by atoms with Crippen LogP contribution < -0.4 is 15.4 Å². The second-order valence-corrected chi connectivity index (χ2v) is 6.60. The quantitative estimate of drug-likeness (QED) is 0.577. The lowest BCUT2D eigenvalue weighted by molar-refractivity contribution is -0.124. The molecule has 0 fully saturated rings. The summed E-state index contributed by atoms with van der Waals surface area (Å²) in [7, 11) is 0. The second kappa shape index (κ2) is 9.04. The van der Waals surface area contributed by atoms with E-state index in [1.54, 1.807) is 0 Å². The topological polar surface area (TPSA) is 106 Å². The number of hydrogen-bond acceptors (Lipinski definition) is 7. The van der Waals surface area contributed by atoms with E-state index in [0.29, 0.717) is 24.0 Å². The van der Waals surface area contributed by atoms with E-state index >= 15 is 0 Å². The van der Waals surface area contributed by atoms with Gasteiger partial charge in [-0.05, 0) is 19.1 Å². The molecule has 3 rings (SSSR count). The number of nitrogens with zero attached hydrogens (tertiary/aromatic N) is 3. The van der Waals surface area contributed by atoms with E-state index < -0.39 is 0 Å². The Bertz CT molecular complexity index is 930. The molecule has 0 radical (unpaired) electrons. The van der Waals surface area contributed by atoms with Crippen LogP contribution in [0.25, 0.3) is 10.9 Å². The normalized spacial score (nSPS) is 10.6. The van der Waals surface area contributed by atoms with Crippen molar-refractivity contribution in [1.29, 1.82) is 0 Å². The zero-order valence-corrected chi connectivity index (χ0v) is 15.6. The Labute approximate surface area is 160 Å². The van der Waals surface area contributed by atoms with Gasteiger partial charge in [0, 0.05) is 23.9 Å². The minimum absolute atomic E-state index is 0.0821. The lowest BCUT2D eigenvalue weighted by Gasteiger charge is -2.10. The molecule has 9 heteroatoms. The minimum Gasteiger partial charge on any atom is -0.489 e. The van der Waals surface area contributed by atoms with E-state index in [2.05, 4.69) is 25.8 Å². The summed E-state index contributed by atoms with van der Waals surface area (Å²) in [5, 5.41) is 14.1. The largest absolute Gasteiger partial charge is 0.489 e. The monoisotopic (exact) mass is 385 g/mol. The summed E-state index contributed by atoms with van der Waals surface area (Å²) in [5.74, 6) is 0.204. The van der Waals surface area contributed by atoms with Gasteiger partial charge in [0.05, 0.1) is 6.54 Å². The number of hydrogen-bond donors (Lipinski definition) is 2. The molecule has 0 aliphatic heterocycles. The van der Waals surface area contributed by atoms with Crippen LogP contribution in [-0.2, 0) is 9.59 Å². The van der Waals surface area contributed by atoms with Crippen LogP contribution in [-0.4, -0.2) is 40.1 Å². The Morgan fingerprint density at radius 1 is 1.15 bits per heavy atom. The summed E-state index contributed by atoms with van der Waals surface area (Å²) >= 11 is 1.23. The Hall–Kier alpha value is -3.07. The molecule has 0 saturated heterocycles. The summed E-state index contributed by atoms with van der Waals surface area (Å²) in [6.07, 6.45) is 0.179. The molecule has 27 heavy (non-hydrogen) atoms. The molecular formula is C18H19N5O3S. The molecule has 2 N–H and O–H groups in total. The van der Waals surface area contributed by atoms with Crippen LogP contribution in [0, 0.1) is 6.92 Å². The first-order chi connectivity index (χ1) is 13.1.